The van der Waals surface area contributed by atoms with Crippen molar-refractivity contribution in [1.82, 2.24) is 4.98 Å². The first-order valence-electron chi connectivity index (χ1n) is 8.24. The zero-order valence-electron chi connectivity index (χ0n) is 15.0. The Morgan fingerprint density at radius 3 is 2.60 bits per heavy atom. The molecule has 0 radical (unpaired) electrons. The van der Waals surface area contributed by atoms with E-state index >= 15 is 0 Å². The average Bonchev–Trinajstić information content (AvgIpc) is 2.97. The third-order valence-corrected chi connectivity index (χ3v) is 6.57. The Hall–Kier alpha value is -1.82. The summed E-state index contributed by atoms with van der Waals surface area (Å²) in [5.74, 6) is -0.517. The van der Waals surface area contributed by atoms with E-state index in [0.717, 1.165) is 23.3 Å². The van der Waals surface area contributed by atoms with Gasteiger partial charge in [-0.25, -0.2) is 13.8 Å². The van der Waals surface area contributed by atoms with Crippen LogP contribution in [0.5, 0.6) is 0 Å². The Labute approximate surface area is 150 Å². The predicted octanol–water partition coefficient (Wildman–Crippen LogP) is 5.50. The molecule has 1 aliphatic rings. The summed E-state index contributed by atoms with van der Waals surface area (Å²) in [7, 11) is 0. The average molecular weight is 364 g/mol. The van der Waals surface area contributed by atoms with E-state index in [4.69, 9.17) is 0 Å². The van der Waals surface area contributed by atoms with Crippen molar-refractivity contribution in [3.05, 3.63) is 44.9 Å². The van der Waals surface area contributed by atoms with Crippen LogP contribution in [0.15, 0.2) is 18.2 Å². The molecule has 0 atom stereocenters. The van der Waals surface area contributed by atoms with Crippen LogP contribution in [-0.4, -0.2) is 10.9 Å². The smallest absolute Gasteiger partial charge is 0.282 e. The van der Waals surface area contributed by atoms with Crippen molar-refractivity contribution in [1.29, 1.82) is 0 Å². The minimum Gasteiger partial charge on any atom is -0.321 e. The van der Waals surface area contributed by atoms with Crippen LogP contribution in [0.25, 0.3) is 0 Å². The van der Waals surface area contributed by atoms with Gasteiger partial charge in [0.2, 0.25) is 0 Å². The summed E-state index contributed by atoms with van der Waals surface area (Å²) in [6.45, 7) is 10.4. The number of rotatable bonds is 3. The lowest BCUT2D eigenvalue weighted by Gasteiger charge is -2.35. The summed E-state index contributed by atoms with van der Waals surface area (Å²) in [6.07, 6.45) is -1.93. The van der Waals surface area contributed by atoms with Gasteiger partial charge < -0.3 is 5.32 Å². The fraction of sp³-hybridized carbons (Fsp3) is 0.474. The second-order valence-electron chi connectivity index (χ2n) is 7.72. The molecule has 25 heavy (non-hydrogen) atoms. The van der Waals surface area contributed by atoms with E-state index in [9.17, 15) is 13.6 Å². The molecule has 1 N–H and O–H groups in total. The van der Waals surface area contributed by atoms with Crippen LogP contribution in [0.3, 0.4) is 0 Å². The van der Waals surface area contributed by atoms with Crippen LogP contribution in [0.2, 0.25) is 0 Å². The summed E-state index contributed by atoms with van der Waals surface area (Å²) >= 11 is 1.000. The monoisotopic (exact) mass is 364 g/mol. The first-order chi connectivity index (χ1) is 11.5. The first-order valence-corrected chi connectivity index (χ1v) is 9.05. The third kappa shape index (κ3) is 2.86. The number of amides is 1. The number of hydrogen-bond donors (Lipinski definition) is 1. The molecule has 0 spiro atoms. The van der Waals surface area contributed by atoms with Crippen LogP contribution in [0, 0.1) is 12.3 Å². The number of aromatic nitrogens is 1. The molecule has 1 aliphatic carbocycles. The van der Waals surface area contributed by atoms with Crippen LogP contribution < -0.4 is 5.32 Å². The minimum absolute atomic E-state index is 0.0124. The molecule has 0 saturated carbocycles. The molecule has 0 saturated heterocycles. The molecule has 134 valence electrons. The number of halogens is 2. The molecule has 2 aromatic rings. The highest BCUT2D eigenvalue weighted by molar-refractivity contribution is 7.13. The van der Waals surface area contributed by atoms with Crippen molar-refractivity contribution >= 4 is 22.9 Å². The van der Waals surface area contributed by atoms with E-state index in [1.54, 1.807) is 6.92 Å². The first kappa shape index (κ1) is 18.0. The Balaban J connectivity index is 1.97. The van der Waals surface area contributed by atoms with Crippen LogP contribution in [-0.2, 0) is 11.8 Å². The van der Waals surface area contributed by atoms with Gasteiger partial charge in [0.25, 0.3) is 12.3 Å². The largest absolute Gasteiger partial charge is 0.321 e. The van der Waals surface area contributed by atoms with Crippen molar-refractivity contribution in [3.8, 4) is 0 Å². The molecule has 1 heterocycles. The maximum Gasteiger partial charge on any atom is 0.282 e. The molecule has 1 aromatic heterocycles. The minimum atomic E-state index is -2.76. The zero-order chi connectivity index (χ0) is 18.6. The maximum absolute atomic E-state index is 13.1. The summed E-state index contributed by atoms with van der Waals surface area (Å²) in [5, 5.41) is 3.30. The van der Waals surface area contributed by atoms with Gasteiger partial charge in [-0.15, -0.1) is 11.3 Å². The van der Waals surface area contributed by atoms with Gasteiger partial charge in [-0.05, 0) is 41.4 Å². The quantitative estimate of drug-likeness (QED) is 0.781. The van der Waals surface area contributed by atoms with E-state index in [1.165, 1.54) is 5.56 Å². The Kier molecular flexibility index (Phi) is 4.22. The van der Waals surface area contributed by atoms with Gasteiger partial charge in [-0.1, -0.05) is 39.8 Å². The lowest BCUT2D eigenvalue weighted by atomic mass is 9.69. The van der Waals surface area contributed by atoms with E-state index in [1.807, 2.05) is 12.1 Å². The normalized spacial score (nSPS) is 17.6. The lowest BCUT2D eigenvalue weighted by Crippen LogP contribution is -2.32. The van der Waals surface area contributed by atoms with Crippen molar-refractivity contribution in [2.24, 2.45) is 5.41 Å². The number of nitrogens with one attached hydrogen (secondary N) is 1. The molecule has 0 aliphatic heterocycles. The number of aryl methyl sites for hydroxylation is 1. The van der Waals surface area contributed by atoms with Crippen LogP contribution >= 0.6 is 11.3 Å². The Morgan fingerprint density at radius 2 is 1.96 bits per heavy atom. The van der Waals surface area contributed by atoms with Crippen molar-refractivity contribution in [2.45, 2.75) is 52.9 Å². The second kappa shape index (κ2) is 5.87. The Morgan fingerprint density at radius 1 is 1.28 bits per heavy atom. The summed E-state index contributed by atoms with van der Waals surface area (Å²) in [4.78, 5) is 16.4. The molecule has 3 nitrogen and oxygen atoms in total. The molecule has 0 fully saturated rings. The lowest BCUT2D eigenvalue weighted by molar-refractivity contribution is 0.101. The maximum atomic E-state index is 13.1. The highest BCUT2D eigenvalue weighted by Crippen LogP contribution is 2.52. The van der Waals surface area contributed by atoms with Gasteiger partial charge in [0.1, 0.15) is 10.6 Å². The van der Waals surface area contributed by atoms with Crippen LogP contribution in [0.4, 0.5) is 14.5 Å². The van der Waals surface area contributed by atoms with Gasteiger partial charge >= 0.3 is 0 Å². The molecule has 0 bridgehead atoms. The van der Waals surface area contributed by atoms with E-state index < -0.39 is 18.0 Å². The number of nitrogens with zero attached hydrogens (tertiary/aromatic N) is 1. The number of carbonyl (C=O) groups is 1. The van der Waals surface area contributed by atoms with Gasteiger partial charge in [0.05, 0.1) is 5.01 Å². The number of fused-ring (bicyclic) bond motifs is 1. The van der Waals surface area contributed by atoms with Crippen molar-refractivity contribution in [2.75, 3.05) is 5.32 Å². The molecule has 6 heteroatoms. The van der Waals surface area contributed by atoms with E-state index in [0.29, 0.717) is 10.7 Å². The topological polar surface area (TPSA) is 42.0 Å². The third-order valence-electron chi connectivity index (χ3n) is 5.58. The van der Waals surface area contributed by atoms with Gasteiger partial charge in [-0.3, -0.25) is 4.79 Å². The van der Waals surface area contributed by atoms with Crippen LogP contribution in [0.1, 0.15) is 65.6 Å². The number of benzene rings is 1. The van der Waals surface area contributed by atoms with E-state index in [2.05, 4.69) is 44.1 Å². The molecular weight excluding hydrogens is 342 g/mol. The second-order valence-corrected chi connectivity index (χ2v) is 8.92. The number of hydrogen-bond acceptors (Lipinski definition) is 3. The van der Waals surface area contributed by atoms with Crippen molar-refractivity contribution in [3.63, 3.8) is 0 Å². The molecule has 3 rings (SSSR count). The number of carbonyl (C=O) groups excluding carboxylic acids is 1. The molecule has 1 amide bonds. The summed E-state index contributed by atoms with van der Waals surface area (Å²) < 4.78 is 26.3. The van der Waals surface area contributed by atoms with Gasteiger partial charge in [-0.2, -0.15) is 0 Å². The standard InChI is InChI=1S/C19H22F2N2OS/c1-10-22-14(16(20)21)15(25-10)17(24)23-13-8-6-7-12-11(13)9-18(2,3)19(12,4)5/h6-8,16H,9H2,1-5H3,(H,23,24). The van der Waals surface area contributed by atoms with Gasteiger partial charge in [0, 0.05) is 5.69 Å². The number of anilines is 1. The molecular formula is C19H22F2N2OS. The molecule has 1 aromatic carbocycles. The van der Waals surface area contributed by atoms with Gasteiger partial charge in [0.15, 0.2) is 0 Å². The summed E-state index contributed by atoms with van der Waals surface area (Å²) in [5.41, 5.74) is 2.57. The number of thiazole rings is 1. The molecule has 0 unspecified atom stereocenters. The predicted molar refractivity (Wildman–Crippen MR) is 96.7 cm³/mol. The fourth-order valence-electron chi connectivity index (χ4n) is 3.44. The fourth-order valence-corrected chi connectivity index (χ4v) is 4.26. The van der Waals surface area contributed by atoms with Crippen molar-refractivity contribution < 1.29 is 13.6 Å². The Bertz CT molecular complexity index is 840. The highest BCUT2D eigenvalue weighted by Gasteiger charge is 2.46. The summed E-state index contributed by atoms with van der Waals surface area (Å²) in [6, 6.07) is 5.83. The number of alkyl halides is 2. The van der Waals surface area contributed by atoms with E-state index in [-0.39, 0.29) is 15.7 Å². The highest BCUT2D eigenvalue weighted by atomic mass is 32.1. The SMILES string of the molecule is Cc1nc(C(F)F)c(C(=O)Nc2cccc3c2CC(C)(C)C3(C)C)s1. The zero-order valence-corrected chi connectivity index (χ0v) is 15.9.